The molecular weight excluding hydrogens is 595 g/mol. The number of nitrogens with zero attached hydrogens (tertiary/aromatic N) is 2. The number of phenols is 1. The Morgan fingerprint density at radius 3 is 2.29 bits per heavy atom. The number of halogens is 3. The summed E-state index contributed by atoms with van der Waals surface area (Å²) in [4.78, 5) is 70.1. The first-order valence-corrected chi connectivity index (χ1v) is 15.5. The summed E-state index contributed by atoms with van der Waals surface area (Å²) in [6.45, 7) is 2.56. The summed E-state index contributed by atoms with van der Waals surface area (Å²) in [5.74, 6) is -12.4. The van der Waals surface area contributed by atoms with Gasteiger partial charge in [-0.15, -0.1) is 0 Å². The zero-order valence-corrected chi connectivity index (χ0v) is 25.4. The number of hydrogen-bond acceptors (Lipinski definition) is 9. The van der Waals surface area contributed by atoms with E-state index < -0.39 is 99.4 Å². The molecule has 0 spiro atoms. The molecule has 6 rings (SSSR count). The number of likely N-dealkylation sites (N-methyl/N-ethyl adjacent to an activating group) is 1. The molecular formula is C32H38F3N3O7. The molecule has 4 fully saturated rings. The number of benzene rings is 1. The van der Waals surface area contributed by atoms with Crippen molar-refractivity contribution in [2.24, 2.45) is 41.2 Å². The highest BCUT2D eigenvalue weighted by atomic mass is 19.4. The number of carbonyl (C=O) groups is 5. The van der Waals surface area contributed by atoms with Gasteiger partial charge in [-0.3, -0.25) is 33.8 Å². The number of rotatable bonds is 8. The lowest BCUT2D eigenvalue weighted by Gasteiger charge is -2.52. The van der Waals surface area contributed by atoms with Crippen molar-refractivity contribution in [2.75, 3.05) is 20.6 Å². The molecule has 7 atom stereocenters. The topological polar surface area (TPSA) is 158 Å². The summed E-state index contributed by atoms with van der Waals surface area (Å²) >= 11 is 0. The number of carbonyl (C=O) groups excluding carboxylic acids is 5. The number of amides is 1. The average Bonchev–Trinajstić information content (AvgIpc) is 3.84. The largest absolute Gasteiger partial charge is 0.507 e. The summed E-state index contributed by atoms with van der Waals surface area (Å²) in [7, 11) is 2.88. The van der Waals surface area contributed by atoms with E-state index in [-0.39, 0.29) is 24.6 Å². The predicted octanol–water partition coefficient (Wildman–Crippen LogP) is 1.90. The van der Waals surface area contributed by atoms with Crippen LogP contribution in [0.5, 0.6) is 5.75 Å². The summed E-state index contributed by atoms with van der Waals surface area (Å²) in [5, 5.41) is 22.8. The fourth-order valence-electron chi connectivity index (χ4n) is 8.32. The van der Waals surface area contributed by atoms with E-state index in [0.29, 0.717) is 18.4 Å². The van der Waals surface area contributed by atoms with Gasteiger partial charge in [0.15, 0.2) is 34.7 Å². The van der Waals surface area contributed by atoms with Crippen molar-refractivity contribution in [1.82, 2.24) is 9.80 Å². The molecule has 0 saturated heterocycles. The molecule has 0 aliphatic heterocycles. The van der Waals surface area contributed by atoms with E-state index in [0.717, 1.165) is 31.7 Å². The predicted molar refractivity (Wildman–Crippen MR) is 152 cm³/mol. The molecule has 244 valence electrons. The first-order chi connectivity index (χ1) is 21.0. The summed E-state index contributed by atoms with van der Waals surface area (Å²) in [5.41, 5.74) is 0.131. The van der Waals surface area contributed by atoms with Crippen molar-refractivity contribution in [3.05, 3.63) is 28.3 Å². The number of aliphatic hydroxyl groups is 1. The van der Waals surface area contributed by atoms with E-state index in [2.05, 4.69) is 0 Å². The van der Waals surface area contributed by atoms with E-state index in [1.165, 1.54) is 19.0 Å². The Kier molecular flexibility index (Phi) is 7.56. The lowest BCUT2D eigenvalue weighted by Crippen LogP contribution is -2.74. The normalized spacial score (nSPS) is 32.4. The van der Waals surface area contributed by atoms with Crippen LogP contribution >= 0.6 is 0 Å². The van der Waals surface area contributed by atoms with Crippen molar-refractivity contribution in [3.63, 3.8) is 0 Å². The van der Waals surface area contributed by atoms with Crippen molar-refractivity contribution in [1.29, 1.82) is 0 Å². The number of alkyl halides is 3. The van der Waals surface area contributed by atoms with E-state index >= 15 is 0 Å². The molecule has 1 amide bonds. The highest BCUT2D eigenvalue weighted by Crippen LogP contribution is 2.53. The van der Waals surface area contributed by atoms with Crippen LogP contribution in [0.25, 0.3) is 0 Å². The molecule has 1 aromatic carbocycles. The van der Waals surface area contributed by atoms with Crippen LogP contribution in [0.1, 0.15) is 66.1 Å². The third kappa shape index (κ3) is 5.01. The lowest BCUT2D eigenvalue weighted by molar-refractivity contribution is -0.181. The molecule has 0 bridgehead atoms. The van der Waals surface area contributed by atoms with Crippen molar-refractivity contribution in [2.45, 2.75) is 75.9 Å². The maximum Gasteiger partial charge on any atom is 0.417 e. The third-order valence-electron chi connectivity index (χ3n) is 10.9. The molecule has 0 aromatic heterocycles. The first kappa shape index (κ1) is 31.8. The van der Waals surface area contributed by atoms with Crippen molar-refractivity contribution >= 4 is 29.0 Å². The van der Waals surface area contributed by atoms with Crippen LogP contribution < -0.4 is 5.73 Å². The molecule has 45 heavy (non-hydrogen) atoms. The van der Waals surface area contributed by atoms with Crippen LogP contribution in [0.3, 0.4) is 0 Å². The summed E-state index contributed by atoms with van der Waals surface area (Å²) in [6.07, 6.45) is -1.64. The van der Waals surface area contributed by atoms with Gasteiger partial charge in [0.25, 0.3) is 0 Å². The van der Waals surface area contributed by atoms with Crippen LogP contribution in [0.15, 0.2) is 6.07 Å². The van der Waals surface area contributed by atoms with Crippen LogP contribution in [0.4, 0.5) is 13.2 Å². The molecule has 5 aliphatic rings. The molecule has 13 heteroatoms. The molecule has 0 radical (unpaired) electrons. The van der Waals surface area contributed by atoms with E-state index in [1.807, 2.05) is 11.8 Å². The van der Waals surface area contributed by atoms with Gasteiger partial charge in [0, 0.05) is 25.0 Å². The molecule has 0 heterocycles. The van der Waals surface area contributed by atoms with E-state index in [9.17, 15) is 47.4 Å². The Hall–Kier alpha value is -3.16. The fraction of sp³-hybridized carbons (Fsp3) is 0.656. The van der Waals surface area contributed by atoms with Gasteiger partial charge in [-0.1, -0.05) is 0 Å². The number of ketones is 4. The van der Waals surface area contributed by atoms with Gasteiger partial charge < -0.3 is 15.9 Å². The first-order valence-electron chi connectivity index (χ1n) is 15.5. The van der Waals surface area contributed by atoms with Crippen molar-refractivity contribution in [3.8, 4) is 5.75 Å². The second-order valence-electron chi connectivity index (χ2n) is 14.0. The second kappa shape index (κ2) is 10.7. The van der Waals surface area contributed by atoms with Gasteiger partial charge in [0.1, 0.15) is 5.75 Å². The summed E-state index contributed by atoms with van der Waals surface area (Å²) < 4.78 is 44.9. The number of phenolic OH excluding ortho intramolecular Hbond substituents is 1. The van der Waals surface area contributed by atoms with Crippen LogP contribution in [-0.2, 0) is 38.3 Å². The minimum Gasteiger partial charge on any atom is -0.507 e. The minimum atomic E-state index is -4.90. The number of aromatic hydroxyl groups is 1. The Morgan fingerprint density at radius 2 is 1.76 bits per heavy atom. The average molecular weight is 634 g/mol. The molecule has 5 aliphatic carbocycles. The van der Waals surface area contributed by atoms with Gasteiger partial charge in [-0.05, 0) is 94.5 Å². The van der Waals surface area contributed by atoms with Gasteiger partial charge in [0.2, 0.25) is 5.91 Å². The zero-order valence-electron chi connectivity index (χ0n) is 25.4. The third-order valence-corrected chi connectivity index (χ3v) is 10.9. The number of nitrogens with two attached hydrogens (primary N) is 1. The van der Waals surface area contributed by atoms with Crippen LogP contribution in [-0.4, -0.2) is 87.4 Å². The van der Waals surface area contributed by atoms with E-state index in [4.69, 9.17) is 5.73 Å². The van der Waals surface area contributed by atoms with Crippen LogP contribution in [0, 0.1) is 35.5 Å². The smallest absolute Gasteiger partial charge is 0.417 e. The second-order valence-corrected chi connectivity index (χ2v) is 14.0. The minimum absolute atomic E-state index is 0.0399. The molecule has 1 aromatic rings. The standard InChI is InChI=1S/C32H38F3N3O7/c1-13(15-6-7-15)38(11-14-4-5-14)12-17-10-20(39)22-18(24(17)32(33,34)35)8-16-9-19-25(37(2)3)27(41)23(30(36)44)29(43)31(19,45)28(42)21(16)26(22)40/h10,13-16,19,21,23,25,39,45H,4-9,11-12H2,1-3H3,(H2,36,44)/t13-,16+,19+,21?,23?,25+,31+/m1/s1. The molecule has 2 unspecified atom stereocenters. The Balaban J connectivity index is 1.44. The summed E-state index contributed by atoms with van der Waals surface area (Å²) in [6, 6.07) is -0.341. The Bertz CT molecular complexity index is 1500. The molecule has 4 N–H and O–H groups in total. The maximum atomic E-state index is 15.0. The number of Topliss-reactive ketones (excluding diaryl/α,β-unsaturated/α-hetero) is 4. The monoisotopic (exact) mass is 633 g/mol. The highest BCUT2D eigenvalue weighted by molar-refractivity contribution is 6.32. The Labute approximate surface area is 258 Å². The fourth-order valence-corrected chi connectivity index (χ4v) is 8.32. The number of fused-ring (bicyclic) bond motifs is 3. The van der Waals surface area contributed by atoms with Crippen molar-refractivity contribution < 1.29 is 47.4 Å². The highest BCUT2D eigenvalue weighted by Gasteiger charge is 2.69. The lowest BCUT2D eigenvalue weighted by atomic mass is 9.52. The quantitative estimate of drug-likeness (QED) is 0.364. The van der Waals surface area contributed by atoms with Gasteiger partial charge in [0.05, 0.1) is 23.1 Å². The number of primary amides is 1. The maximum absolute atomic E-state index is 15.0. The number of hydrogen-bond donors (Lipinski definition) is 3. The van der Waals surface area contributed by atoms with Crippen LogP contribution in [0.2, 0.25) is 0 Å². The van der Waals surface area contributed by atoms with Gasteiger partial charge in [-0.2, -0.15) is 13.2 Å². The zero-order chi connectivity index (χ0) is 32.9. The SMILES string of the molecule is C[C@H](C1CC1)N(Cc1cc(O)c2c(c1C(F)(F)F)C[C@H]1C[C@H]3[C@H](N(C)C)C(=O)C(C(N)=O)C(=O)[C@@]3(O)C(=O)C1C2=O)CC1CC1. The Morgan fingerprint density at radius 1 is 1.11 bits per heavy atom. The molecule has 4 saturated carbocycles. The molecule has 10 nitrogen and oxygen atoms in total. The van der Waals surface area contributed by atoms with Gasteiger partial charge >= 0.3 is 6.18 Å². The van der Waals surface area contributed by atoms with Gasteiger partial charge in [-0.25, -0.2) is 0 Å². The van der Waals surface area contributed by atoms with E-state index in [1.54, 1.807) is 0 Å².